The number of hydrogen-bond acceptors (Lipinski definition) is 7. The molecule has 4 N–H and O–H groups in total. The number of hydrogen-bond donors (Lipinski definition) is 4. The molecule has 2 aliphatic heterocycles. The van der Waals surface area contributed by atoms with Crippen LogP contribution in [0.3, 0.4) is 0 Å². The lowest BCUT2D eigenvalue weighted by molar-refractivity contribution is -0.478. The van der Waals surface area contributed by atoms with Gasteiger partial charge in [-0.1, -0.05) is 84.9 Å². The van der Waals surface area contributed by atoms with Crippen LogP contribution < -0.4 is 0 Å². The van der Waals surface area contributed by atoms with Crippen molar-refractivity contribution in [2.45, 2.75) is 36.4 Å². The molecule has 2 aliphatic rings. The number of rotatable bonds is 6. The minimum atomic E-state index is -2.94. The zero-order chi connectivity index (χ0) is 22.8. The predicted octanol–water partition coefficient (Wildman–Crippen LogP) is 2.87. The van der Waals surface area contributed by atoms with Gasteiger partial charge in [0, 0.05) is 0 Å². The molecule has 7 nitrogen and oxygen atoms in total. The normalized spacial score (nSPS) is 24.8. The summed E-state index contributed by atoms with van der Waals surface area (Å²) in [6, 6.07) is 26.6. The average Bonchev–Trinajstić information content (AvgIpc) is 3.71. The largest absolute Gasteiger partial charge is 0.356 e. The first-order chi connectivity index (χ1) is 15.9. The highest BCUT2D eigenvalue weighted by atomic mass is 16.9. The molecule has 4 unspecified atom stereocenters. The molecule has 4 aromatic carbocycles. The van der Waals surface area contributed by atoms with Gasteiger partial charge in [-0.15, -0.1) is 0 Å². The Morgan fingerprint density at radius 3 is 1.39 bits per heavy atom. The zero-order valence-electron chi connectivity index (χ0n) is 17.4. The van der Waals surface area contributed by atoms with Gasteiger partial charge in [-0.3, -0.25) is 4.74 Å². The summed E-state index contributed by atoms with van der Waals surface area (Å²) in [5.74, 6) is -5.89. The van der Waals surface area contributed by atoms with Gasteiger partial charge in [-0.25, -0.2) is 0 Å². The quantitative estimate of drug-likeness (QED) is 0.266. The summed E-state index contributed by atoms with van der Waals surface area (Å²) < 4.78 is 16.0. The van der Waals surface area contributed by atoms with Crippen molar-refractivity contribution in [3.8, 4) is 0 Å². The van der Waals surface area contributed by atoms with Crippen molar-refractivity contribution in [3.63, 3.8) is 0 Å². The molecule has 0 aliphatic carbocycles. The number of aliphatic hydroxyl groups is 4. The lowest BCUT2D eigenvalue weighted by Gasteiger charge is -2.28. The van der Waals surface area contributed by atoms with Crippen LogP contribution >= 0.6 is 0 Å². The highest BCUT2D eigenvalue weighted by molar-refractivity contribution is 5.87. The van der Waals surface area contributed by atoms with E-state index in [1.165, 1.54) is 0 Å². The summed E-state index contributed by atoms with van der Waals surface area (Å²) in [6.45, 7) is 0. The molecule has 2 heterocycles. The highest BCUT2D eigenvalue weighted by Crippen LogP contribution is 2.51. The molecule has 0 spiro atoms. The molecule has 2 saturated heterocycles. The van der Waals surface area contributed by atoms with Crippen LogP contribution in [0.2, 0.25) is 0 Å². The Balaban J connectivity index is 1.20. The summed E-state index contributed by atoms with van der Waals surface area (Å²) in [5, 5.41) is 45.9. The van der Waals surface area contributed by atoms with E-state index in [0.29, 0.717) is 0 Å². The molecular formula is C26H22O7. The van der Waals surface area contributed by atoms with E-state index in [9.17, 15) is 20.4 Å². The Bertz CT molecular complexity index is 1240. The zero-order valence-corrected chi connectivity index (χ0v) is 17.4. The standard InChI is InChI=1S/C26H22O7/c27-25(28,23-21(31-23)19-13-5-9-15-7-1-3-11-17(15)19)33-26(29,30)24-22(32-24)20-14-6-10-16-8-2-4-12-18(16)20/h1-14,21-24,27-30H. The highest BCUT2D eigenvalue weighted by Gasteiger charge is 2.64. The number of benzene rings is 4. The van der Waals surface area contributed by atoms with E-state index in [2.05, 4.69) is 0 Å². The SMILES string of the molecule is OC(O)(OC(O)(O)C1OC1c1cccc2ccccc12)C1OC1c1cccc2ccccc12. The van der Waals surface area contributed by atoms with E-state index in [-0.39, 0.29) is 0 Å². The van der Waals surface area contributed by atoms with E-state index in [0.717, 1.165) is 32.7 Å². The third kappa shape index (κ3) is 3.60. The average molecular weight is 446 g/mol. The molecule has 0 saturated carbocycles. The fraction of sp³-hybridized carbons (Fsp3) is 0.231. The second-order valence-corrected chi connectivity index (χ2v) is 8.51. The van der Waals surface area contributed by atoms with Crippen molar-refractivity contribution in [2.24, 2.45) is 0 Å². The molecule has 2 fully saturated rings. The first-order valence-electron chi connectivity index (χ1n) is 10.7. The molecule has 7 heteroatoms. The predicted molar refractivity (Wildman–Crippen MR) is 119 cm³/mol. The molecule has 4 atom stereocenters. The number of epoxide rings is 2. The maximum absolute atomic E-state index is 10.5. The lowest BCUT2D eigenvalue weighted by atomic mass is 10.00. The van der Waals surface area contributed by atoms with Gasteiger partial charge >= 0.3 is 11.9 Å². The van der Waals surface area contributed by atoms with Crippen LogP contribution in [-0.4, -0.2) is 44.6 Å². The van der Waals surface area contributed by atoms with Gasteiger partial charge < -0.3 is 29.9 Å². The van der Waals surface area contributed by atoms with Crippen LogP contribution in [0.4, 0.5) is 0 Å². The monoisotopic (exact) mass is 446 g/mol. The van der Waals surface area contributed by atoms with E-state index in [1.807, 2.05) is 84.9 Å². The molecular weight excluding hydrogens is 424 g/mol. The Labute approximate surface area is 189 Å². The topological polar surface area (TPSA) is 115 Å². The van der Waals surface area contributed by atoms with E-state index < -0.39 is 36.4 Å². The Morgan fingerprint density at radius 1 is 0.545 bits per heavy atom. The summed E-state index contributed by atoms with van der Waals surface area (Å²) >= 11 is 0. The van der Waals surface area contributed by atoms with Gasteiger partial charge in [0.2, 0.25) is 0 Å². The Kier molecular flexibility index (Phi) is 4.59. The summed E-state index contributed by atoms with van der Waals surface area (Å²) in [4.78, 5) is 0. The Hall–Kier alpha value is -2.88. The Morgan fingerprint density at radius 2 is 0.939 bits per heavy atom. The molecule has 0 amide bonds. The van der Waals surface area contributed by atoms with Crippen LogP contribution in [0.25, 0.3) is 21.5 Å². The molecule has 0 aromatic heterocycles. The van der Waals surface area contributed by atoms with Gasteiger partial charge in [-0.2, -0.15) is 0 Å². The second kappa shape index (κ2) is 7.31. The van der Waals surface area contributed by atoms with Crippen LogP contribution in [-0.2, 0) is 14.2 Å². The van der Waals surface area contributed by atoms with Crippen LogP contribution in [0.15, 0.2) is 84.9 Å². The fourth-order valence-electron chi connectivity index (χ4n) is 4.60. The summed E-state index contributed by atoms with van der Waals surface area (Å²) in [7, 11) is 0. The van der Waals surface area contributed by atoms with E-state index in [4.69, 9.17) is 14.2 Å². The van der Waals surface area contributed by atoms with Crippen molar-refractivity contribution < 1.29 is 34.6 Å². The third-order valence-electron chi connectivity index (χ3n) is 6.28. The van der Waals surface area contributed by atoms with Crippen molar-refractivity contribution in [1.82, 2.24) is 0 Å². The first-order valence-corrected chi connectivity index (χ1v) is 10.7. The molecule has 0 bridgehead atoms. The van der Waals surface area contributed by atoms with Gasteiger partial charge in [0.15, 0.2) is 12.2 Å². The first kappa shape index (κ1) is 20.7. The fourth-order valence-corrected chi connectivity index (χ4v) is 4.60. The van der Waals surface area contributed by atoms with Crippen LogP contribution in [0.5, 0.6) is 0 Å². The maximum atomic E-state index is 10.5. The molecule has 168 valence electrons. The maximum Gasteiger partial charge on any atom is 0.313 e. The van der Waals surface area contributed by atoms with Gasteiger partial charge in [-0.05, 0) is 32.7 Å². The minimum absolute atomic E-state index is 0.670. The third-order valence-corrected chi connectivity index (χ3v) is 6.28. The van der Waals surface area contributed by atoms with Crippen molar-refractivity contribution in [1.29, 1.82) is 0 Å². The van der Waals surface area contributed by atoms with Gasteiger partial charge in [0.05, 0.1) is 0 Å². The van der Waals surface area contributed by atoms with Crippen molar-refractivity contribution in [2.75, 3.05) is 0 Å². The molecule has 6 rings (SSSR count). The van der Waals surface area contributed by atoms with E-state index in [1.54, 1.807) is 0 Å². The van der Waals surface area contributed by atoms with Crippen LogP contribution in [0, 0.1) is 0 Å². The summed E-state index contributed by atoms with van der Waals surface area (Å²) in [5.41, 5.74) is 1.51. The smallest absolute Gasteiger partial charge is 0.313 e. The summed E-state index contributed by atoms with van der Waals surface area (Å²) in [6.07, 6.45) is -3.74. The second-order valence-electron chi connectivity index (χ2n) is 8.51. The molecule has 4 aromatic rings. The van der Waals surface area contributed by atoms with Gasteiger partial charge in [0.1, 0.15) is 12.2 Å². The van der Waals surface area contributed by atoms with Crippen LogP contribution in [0.1, 0.15) is 23.3 Å². The van der Waals surface area contributed by atoms with Gasteiger partial charge in [0.25, 0.3) is 0 Å². The molecule has 33 heavy (non-hydrogen) atoms. The van der Waals surface area contributed by atoms with Crippen molar-refractivity contribution >= 4 is 21.5 Å². The molecule has 0 radical (unpaired) electrons. The number of fused-ring (bicyclic) bond motifs is 2. The minimum Gasteiger partial charge on any atom is -0.356 e. The van der Waals surface area contributed by atoms with Crippen molar-refractivity contribution in [3.05, 3.63) is 96.1 Å². The lowest BCUT2D eigenvalue weighted by Crippen LogP contribution is -2.51. The number of ether oxygens (including phenoxy) is 3. The van der Waals surface area contributed by atoms with E-state index >= 15 is 0 Å².